The van der Waals surface area contributed by atoms with Crippen LogP contribution in [0.3, 0.4) is 0 Å². The molecule has 398 valence electrons. The van der Waals surface area contributed by atoms with E-state index in [0.717, 1.165) is 41.5 Å². The van der Waals surface area contributed by atoms with Crippen molar-refractivity contribution in [2.24, 2.45) is 0 Å². The first-order valence-corrected chi connectivity index (χ1v) is 27.9. The van der Waals surface area contributed by atoms with Gasteiger partial charge in [0, 0.05) is 6.42 Å². The highest BCUT2D eigenvalue weighted by atomic mass is 31.2. The Morgan fingerprint density at radius 2 is 1.01 bits per heavy atom. The lowest BCUT2D eigenvalue weighted by Crippen LogP contribution is -2.62. The van der Waals surface area contributed by atoms with Gasteiger partial charge in [0.05, 0.1) is 67.4 Å². The molecule has 1 aliphatic rings. The summed E-state index contributed by atoms with van der Waals surface area (Å²) in [7, 11) is 1.01. The first kappa shape index (κ1) is 59.1. The van der Waals surface area contributed by atoms with Gasteiger partial charge in [0.15, 0.2) is 6.29 Å². The van der Waals surface area contributed by atoms with Crippen LogP contribution in [0.5, 0.6) is 0 Å². The molecule has 0 saturated carbocycles. The molecule has 1 aliphatic heterocycles. The van der Waals surface area contributed by atoms with E-state index in [1.165, 1.54) is 57.8 Å². The van der Waals surface area contributed by atoms with E-state index in [2.05, 4.69) is 6.92 Å². The predicted molar refractivity (Wildman–Crippen MR) is 278 cm³/mol. The minimum atomic E-state index is -4.79. The Morgan fingerprint density at radius 1 is 0.569 bits per heavy atom. The molecule has 1 unspecified atom stereocenters. The van der Waals surface area contributed by atoms with Crippen LogP contribution in [0.4, 0.5) is 0 Å². The van der Waals surface area contributed by atoms with Crippen LogP contribution in [0.2, 0.25) is 0 Å². The summed E-state index contributed by atoms with van der Waals surface area (Å²) in [6.45, 7) is 2.88. The monoisotopic (exact) mass is 1020 g/mol. The maximum atomic E-state index is 13.5. The maximum Gasteiger partial charge on any atom is 0.306 e. The van der Waals surface area contributed by atoms with Gasteiger partial charge in [0.2, 0.25) is 0 Å². The van der Waals surface area contributed by atoms with Crippen LogP contribution in [-0.2, 0) is 78.0 Å². The molecule has 5 rings (SSSR count). The van der Waals surface area contributed by atoms with Crippen LogP contribution in [0.25, 0.3) is 0 Å². The second kappa shape index (κ2) is 33.9. The van der Waals surface area contributed by atoms with Crippen LogP contribution in [0.1, 0.15) is 119 Å². The third-order valence-electron chi connectivity index (χ3n) is 12.5. The Bertz CT molecular complexity index is 2040. The zero-order valence-electron chi connectivity index (χ0n) is 43.6. The van der Waals surface area contributed by atoms with Gasteiger partial charge in [-0.3, -0.25) is 9.36 Å². The smallest absolute Gasteiger partial charge is 0.306 e. The number of carbonyl (C=O) groups excluding carboxylic acids is 1. The number of quaternary nitrogens is 1. The van der Waals surface area contributed by atoms with E-state index in [9.17, 15) is 14.3 Å². The molecule has 4 aromatic carbocycles. The highest BCUT2D eigenvalue weighted by Gasteiger charge is 2.49. The SMILES string of the molecule is CCCCCCCCCCCCCCCC(=O)O[C@H](CO[C@@H]1O[C@H](COCc2ccccc2)[C@@H](OCc2ccccc2)[C@H](OCc2ccccc2)[C@H]1OCc1ccccc1)COP(=O)([O-])OCC[N+](C)(C)C. The molecule has 0 aliphatic carbocycles. The van der Waals surface area contributed by atoms with Crippen LogP contribution < -0.4 is 4.89 Å². The summed E-state index contributed by atoms with van der Waals surface area (Å²) in [6.07, 6.45) is 10.1. The molecule has 0 N–H and O–H groups in total. The van der Waals surface area contributed by atoms with E-state index in [1.54, 1.807) is 0 Å². The van der Waals surface area contributed by atoms with E-state index in [-0.39, 0.29) is 46.1 Å². The summed E-state index contributed by atoms with van der Waals surface area (Å²) in [5, 5.41) is 0. The number of carbonyl (C=O) groups is 1. The Labute approximate surface area is 431 Å². The number of phosphoric acid groups is 1. The van der Waals surface area contributed by atoms with Crippen LogP contribution in [0.15, 0.2) is 121 Å². The van der Waals surface area contributed by atoms with Gasteiger partial charge in [-0.2, -0.15) is 0 Å². The highest BCUT2D eigenvalue weighted by molar-refractivity contribution is 7.45. The molecule has 14 heteroatoms. The van der Waals surface area contributed by atoms with Crippen LogP contribution in [-0.4, -0.2) is 101 Å². The van der Waals surface area contributed by atoms with E-state index in [0.29, 0.717) is 24.1 Å². The Hall–Kier alpha value is -3.82. The first-order chi connectivity index (χ1) is 35.0. The molecule has 72 heavy (non-hydrogen) atoms. The van der Waals surface area contributed by atoms with Crippen LogP contribution >= 0.6 is 7.82 Å². The zero-order valence-corrected chi connectivity index (χ0v) is 44.5. The van der Waals surface area contributed by atoms with Crippen molar-refractivity contribution in [2.75, 3.05) is 54.1 Å². The minimum absolute atomic E-state index is 0.0771. The van der Waals surface area contributed by atoms with Crippen molar-refractivity contribution in [1.82, 2.24) is 0 Å². The molecule has 0 aromatic heterocycles. The van der Waals surface area contributed by atoms with Gasteiger partial charge < -0.3 is 51.6 Å². The predicted octanol–water partition coefficient (Wildman–Crippen LogP) is 11.3. The number of phosphoric ester groups is 1. The van der Waals surface area contributed by atoms with Crippen molar-refractivity contribution >= 4 is 13.8 Å². The van der Waals surface area contributed by atoms with Crippen molar-refractivity contribution in [3.63, 3.8) is 0 Å². The molecule has 0 spiro atoms. The number of unbranched alkanes of at least 4 members (excludes halogenated alkanes) is 12. The standard InChI is InChI=1S/C58H84NO12P/c1-5-6-7-8-9-10-11-12-13-14-15-16-29-38-54(60)70-52(46-69-72(61,62)68-40-39-59(2,3)4)45-67-58-57(66-44-51-36-27-20-28-37-51)56(65-43-50-34-25-19-26-35-50)55(64-42-49-32-23-18-24-33-49)53(71-58)47-63-41-48-30-21-17-22-31-48/h17-28,30-37,52-53,55-58H,5-16,29,38-47H2,1-4H3/t52-,53-,55-,56+,57-,58-/m1/s1. The quantitative estimate of drug-likeness (QED) is 0.0183. The van der Waals surface area contributed by atoms with Gasteiger partial charge in [-0.05, 0) is 28.7 Å². The normalized spacial score (nSPS) is 19.4. The van der Waals surface area contributed by atoms with Gasteiger partial charge in [-0.15, -0.1) is 0 Å². The number of ether oxygens (including phenoxy) is 7. The molecule has 7 atom stereocenters. The molecule has 0 bridgehead atoms. The van der Waals surface area contributed by atoms with Crippen molar-refractivity contribution in [3.05, 3.63) is 144 Å². The molecule has 0 amide bonds. The number of benzene rings is 4. The Balaban J connectivity index is 1.33. The van der Waals surface area contributed by atoms with E-state index in [4.69, 9.17) is 42.2 Å². The van der Waals surface area contributed by atoms with Gasteiger partial charge >= 0.3 is 5.97 Å². The molecule has 1 heterocycles. The summed E-state index contributed by atoms with van der Waals surface area (Å²) in [6, 6.07) is 39.4. The lowest BCUT2D eigenvalue weighted by Gasteiger charge is -2.46. The molecule has 13 nitrogen and oxygen atoms in total. The molecule has 4 aromatic rings. The summed E-state index contributed by atoms with van der Waals surface area (Å²) >= 11 is 0. The third-order valence-corrected chi connectivity index (χ3v) is 13.5. The van der Waals surface area contributed by atoms with E-state index in [1.807, 2.05) is 142 Å². The molecular weight excluding hydrogens is 934 g/mol. The lowest BCUT2D eigenvalue weighted by molar-refractivity contribution is -0.870. The van der Waals surface area contributed by atoms with Crippen LogP contribution in [0, 0.1) is 0 Å². The Morgan fingerprint density at radius 3 is 1.50 bits per heavy atom. The van der Waals surface area contributed by atoms with Crippen molar-refractivity contribution in [2.45, 2.75) is 160 Å². The van der Waals surface area contributed by atoms with Gasteiger partial charge in [0.1, 0.15) is 43.7 Å². The molecule has 1 saturated heterocycles. The lowest BCUT2D eigenvalue weighted by atomic mass is 9.97. The summed E-state index contributed by atoms with van der Waals surface area (Å²) in [5.41, 5.74) is 3.81. The van der Waals surface area contributed by atoms with Gasteiger partial charge in [0.25, 0.3) is 7.82 Å². The fourth-order valence-corrected chi connectivity index (χ4v) is 9.10. The zero-order chi connectivity index (χ0) is 51.1. The van der Waals surface area contributed by atoms with Gasteiger partial charge in [-0.1, -0.05) is 205 Å². The Kier molecular flexibility index (Phi) is 27.8. The highest BCUT2D eigenvalue weighted by Crippen LogP contribution is 2.39. The number of rotatable bonds is 38. The van der Waals surface area contributed by atoms with Crippen molar-refractivity contribution in [1.29, 1.82) is 0 Å². The minimum Gasteiger partial charge on any atom is -0.756 e. The second-order valence-corrected chi connectivity index (χ2v) is 21.3. The molecule has 1 fully saturated rings. The number of nitrogens with zero attached hydrogens (tertiary/aromatic N) is 1. The third kappa shape index (κ3) is 24.5. The molecular formula is C58H84NO12P. The average Bonchev–Trinajstić information content (AvgIpc) is 3.37. The largest absolute Gasteiger partial charge is 0.756 e. The maximum absolute atomic E-state index is 13.5. The van der Waals surface area contributed by atoms with Crippen molar-refractivity contribution < 1.29 is 60.9 Å². The number of hydrogen-bond acceptors (Lipinski definition) is 12. The topological polar surface area (TPSA) is 140 Å². The number of esters is 1. The fourth-order valence-electron chi connectivity index (χ4n) is 8.37. The first-order valence-electron chi connectivity index (χ1n) is 26.4. The second-order valence-electron chi connectivity index (χ2n) is 19.9. The average molecular weight is 1020 g/mol. The molecule has 0 radical (unpaired) electrons. The summed E-state index contributed by atoms with van der Waals surface area (Å²) in [4.78, 5) is 26.6. The van der Waals surface area contributed by atoms with Crippen molar-refractivity contribution in [3.8, 4) is 0 Å². The van der Waals surface area contributed by atoms with Gasteiger partial charge in [-0.25, -0.2) is 0 Å². The van der Waals surface area contributed by atoms with E-state index >= 15 is 0 Å². The number of likely N-dealkylation sites (N-methyl/N-ethyl adjacent to an activating group) is 1. The fraction of sp³-hybridized carbons (Fsp3) is 0.569. The number of hydrogen-bond donors (Lipinski definition) is 0. The summed E-state index contributed by atoms with van der Waals surface area (Å²) in [5.74, 6) is -0.478. The summed E-state index contributed by atoms with van der Waals surface area (Å²) < 4.78 is 70.4. The van der Waals surface area contributed by atoms with E-state index < -0.39 is 57.2 Å².